The van der Waals surface area contributed by atoms with E-state index in [1.807, 2.05) is 0 Å². The molecule has 1 aliphatic carbocycles. The summed E-state index contributed by atoms with van der Waals surface area (Å²) in [6.45, 7) is 2.84. The molecule has 4 N–H and O–H groups in total. The van der Waals surface area contributed by atoms with Gasteiger partial charge in [0.25, 0.3) is 5.91 Å². The quantitative estimate of drug-likeness (QED) is 0.768. The SMILES string of the molecule is CNC(=O)c1ccc(NC2(CN)CCCC(C)C2)nn1. The second-order valence-corrected chi connectivity index (χ2v) is 5.69. The summed E-state index contributed by atoms with van der Waals surface area (Å²) in [5.74, 6) is 1.11. The van der Waals surface area contributed by atoms with E-state index in [0.717, 1.165) is 12.8 Å². The summed E-state index contributed by atoms with van der Waals surface area (Å²) in [6.07, 6.45) is 4.52. The van der Waals surface area contributed by atoms with E-state index in [-0.39, 0.29) is 11.4 Å². The van der Waals surface area contributed by atoms with E-state index in [4.69, 9.17) is 5.73 Å². The van der Waals surface area contributed by atoms with Crippen molar-refractivity contribution < 1.29 is 4.79 Å². The average Bonchev–Trinajstić information content (AvgIpc) is 2.47. The highest BCUT2D eigenvalue weighted by molar-refractivity contribution is 5.91. The molecule has 0 spiro atoms. The lowest BCUT2D eigenvalue weighted by molar-refractivity contribution is 0.0957. The van der Waals surface area contributed by atoms with Gasteiger partial charge in [0.05, 0.1) is 5.54 Å². The van der Waals surface area contributed by atoms with Crippen LogP contribution in [0.2, 0.25) is 0 Å². The van der Waals surface area contributed by atoms with Gasteiger partial charge in [-0.25, -0.2) is 0 Å². The number of amides is 1. The minimum atomic E-state index is -0.233. The fourth-order valence-electron chi connectivity index (χ4n) is 2.93. The fourth-order valence-corrected chi connectivity index (χ4v) is 2.93. The summed E-state index contributed by atoms with van der Waals surface area (Å²) >= 11 is 0. The van der Waals surface area contributed by atoms with Crippen LogP contribution in [0.5, 0.6) is 0 Å². The maximum absolute atomic E-state index is 11.4. The van der Waals surface area contributed by atoms with Gasteiger partial charge in [-0.05, 0) is 30.9 Å². The van der Waals surface area contributed by atoms with E-state index in [1.54, 1.807) is 19.2 Å². The highest BCUT2D eigenvalue weighted by Crippen LogP contribution is 2.33. The van der Waals surface area contributed by atoms with Crippen molar-refractivity contribution in [2.24, 2.45) is 11.7 Å². The number of carbonyl (C=O) groups is 1. The molecule has 6 nitrogen and oxygen atoms in total. The van der Waals surface area contributed by atoms with Crippen molar-refractivity contribution in [1.29, 1.82) is 0 Å². The minimum absolute atomic E-state index is 0.0964. The molecule has 6 heteroatoms. The summed E-state index contributed by atoms with van der Waals surface area (Å²) in [5, 5.41) is 14.0. The second kappa shape index (κ2) is 6.17. The molecule has 0 aromatic carbocycles. The maximum atomic E-state index is 11.4. The minimum Gasteiger partial charge on any atom is -0.362 e. The molecule has 20 heavy (non-hydrogen) atoms. The first-order valence-electron chi connectivity index (χ1n) is 7.12. The van der Waals surface area contributed by atoms with Crippen molar-refractivity contribution >= 4 is 11.7 Å². The van der Waals surface area contributed by atoms with Gasteiger partial charge in [-0.15, -0.1) is 10.2 Å². The first kappa shape index (κ1) is 14.7. The van der Waals surface area contributed by atoms with Crippen LogP contribution in [0.15, 0.2) is 12.1 Å². The highest BCUT2D eigenvalue weighted by atomic mass is 16.1. The molecule has 0 aliphatic heterocycles. The monoisotopic (exact) mass is 277 g/mol. The Bertz CT molecular complexity index is 461. The molecule has 0 radical (unpaired) electrons. The molecule has 1 amide bonds. The van der Waals surface area contributed by atoms with Crippen LogP contribution in [0, 0.1) is 5.92 Å². The lowest BCUT2D eigenvalue weighted by Gasteiger charge is -2.40. The molecular weight excluding hydrogens is 254 g/mol. The van der Waals surface area contributed by atoms with Crippen molar-refractivity contribution in [1.82, 2.24) is 15.5 Å². The topological polar surface area (TPSA) is 92.9 Å². The van der Waals surface area contributed by atoms with E-state index in [2.05, 4.69) is 27.8 Å². The molecule has 1 aromatic heterocycles. The Kier molecular flexibility index (Phi) is 4.54. The van der Waals surface area contributed by atoms with Gasteiger partial charge in [0.2, 0.25) is 0 Å². The Morgan fingerprint density at radius 2 is 2.30 bits per heavy atom. The van der Waals surface area contributed by atoms with Gasteiger partial charge in [-0.1, -0.05) is 19.8 Å². The number of rotatable bonds is 4. The number of nitrogens with one attached hydrogen (secondary N) is 2. The number of aromatic nitrogens is 2. The molecule has 1 aromatic rings. The fraction of sp³-hybridized carbons (Fsp3) is 0.643. The number of carbonyl (C=O) groups excluding carboxylic acids is 1. The summed E-state index contributed by atoms with van der Waals surface area (Å²) < 4.78 is 0. The van der Waals surface area contributed by atoms with Gasteiger partial charge in [0.15, 0.2) is 5.69 Å². The standard InChI is InChI=1S/C14H23N5O/c1-10-4-3-7-14(8-10,9-15)17-12-6-5-11(18-19-12)13(20)16-2/h5-6,10H,3-4,7-9,15H2,1-2H3,(H,16,20)(H,17,19). The first-order chi connectivity index (χ1) is 9.58. The largest absolute Gasteiger partial charge is 0.362 e. The van der Waals surface area contributed by atoms with E-state index in [9.17, 15) is 4.79 Å². The van der Waals surface area contributed by atoms with Crippen LogP contribution in [0.1, 0.15) is 43.1 Å². The smallest absolute Gasteiger partial charge is 0.271 e. The van der Waals surface area contributed by atoms with E-state index >= 15 is 0 Å². The van der Waals surface area contributed by atoms with Crippen LogP contribution in [-0.2, 0) is 0 Å². The molecule has 0 saturated heterocycles. The summed E-state index contributed by atoms with van der Waals surface area (Å²) in [4.78, 5) is 11.4. The Labute approximate surface area is 119 Å². The van der Waals surface area contributed by atoms with Crippen molar-refractivity contribution in [3.63, 3.8) is 0 Å². The van der Waals surface area contributed by atoms with Crippen molar-refractivity contribution in [3.05, 3.63) is 17.8 Å². The molecule has 1 saturated carbocycles. The number of hydrogen-bond acceptors (Lipinski definition) is 5. The Balaban J connectivity index is 2.09. The first-order valence-corrected chi connectivity index (χ1v) is 7.12. The van der Waals surface area contributed by atoms with Gasteiger partial charge < -0.3 is 16.4 Å². The summed E-state index contributed by atoms with van der Waals surface area (Å²) in [5.41, 5.74) is 6.19. The summed E-state index contributed by atoms with van der Waals surface area (Å²) in [7, 11) is 1.57. The molecule has 2 atom stereocenters. The third-order valence-electron chi connectivity index (χ3n) is 4.00. The zero-order valence-electron chi connectivity index (χ0n) is 12.1. The lowest BCUT2D eigenvalue weighted by atomic mass is 9.76. The molecule has 1 heterocycles. The lowest BCUT2D eigenvalue weighted by Crippen LogP contribution is -2.49. The van der Waals surface area contributed by atoms with Crippen LogP contribution < -0.4 is 16.4 Å². The molecule has 2 unspecified atom stereocenters. The van der Waals surface area contributed by atoms with Gasteiger partial charge in [-0.2, -0.15) is 0 Å². The zero-order valence-corrected chi connectivity index (χ0v) is 12.1. The van der Waals surface area contributed by atoms with Gasteiger partial charge in [-0.3, -0.25) is 4.79 Å². The highest BCUT2D eigenvalue weighted by Gasteiger charge is 2.33. The number of nitrogens with zero attached hydrogens (tertiary/aromatic N) is 2. The Morgan fingerprint density at radius 1 is 1.50 bits per heavy atom. The van der Waals surface area contributed by atoms with Crippen molar-refractivity contribution in [3.8, 4) is 0 Å². The number of hydrogen-bond donors (Lipinski definition) is 3. The van der Waals surface area contributed by atoms with Gasteiger partial charge in [0.1, 0.15) is 5.82 Å². The maximum Gasteiger partial charge on any atom is 0.271 e. The third kappa shape index (κ3) is 3.25. The summed E-state index contributed by atoms with van der Waals surface area (Å²) in [6, 6.07) is 3.46. The van der Waals surface area contributed by atoms with E-state index in [0.29, 0.717) is 24.0 Å². The van der Waals surface area contributed by atoms with Crippen molar-refractivity contribution in [2.75, 3.05) is 18.9 Å². The molecule has 0 bridgehead atoms. The predicted molar refractivity (Wildman–Crippen MR) is 78.5 cm³/mol. The van der Waals surface area contributed by atoms with Crippen LogP contribution in [-0.4, -0.2) is 35.2 Å². The van der Waals surface area contributed by atoms with Gasteiger partial charge in [0, 0.05) is 13.6 Å². The Morgan fingerprint density at radius 3 is 2.85 bits per heavy atom. The molecule has 1 aliphatic rings. The van der Waals surface area contributed by atoms with Crippen LogP contribution in [0.4, 0.5) is 5.82 Å². The molecule has 2 rings (SSSR count). The van der Waals surface area contributed by atoms with Crippen LogP contribution in [0.25, 0.3) is 0 Å². The molecule has 110 valence electrons. The number of anilines is 1. The normalized spacial score (nSPS) is 26.1. The van der Waals surface area contributed by atoms with Crippen LogP contribution in [0.3, 0.4) is 0 Å². The van der Waals surface area contributed by atoms with Crippen LogP contribution >= 0.6 is 0 Å². The van der Waals surface area contributed by atoms with E-state index in [1.165, 1.54) is 12.8 Å². The van der Waals surface area contributed by atoms with Gasteiger partial charge >= 0.3 is 0 Å². The van der Waals surface area contributed by atoms with Crippen molar-refractivity contribution in [2.45, 2.75) is 38.1 Å². The zero-order chi connectivity index (χ0) is 14.6. The average molecular weight is 277 g/mol. The molecular formula is C14H23N5O. The number of nitrogens with two attached hydrogens (primary N) is 1. The second-order valence-electron chi connectivity index (χ2n) is 5.69. The van der Waals surface area contributed by atoms with E-state index < -0.39 is 0 Å². The third-order valence-corrected chi connectivity index (χ3v) is 4.00. The predicted octanol–water partition coefficient (Wildman–Crippen LogP) is 1.16. The Hall–Kier alpha value is -1.69. The molecule has 1 fully saturated rings.